The molecule has 1 atom stereocenters. The maximum absolute atomic E-state index is 12.4. The Bertz CT molecular complexity index is 378. The van der Waals surface area contributed by atoms with E-state index in [2.05, 4.69) is 0 Å². The van der Waals surface area contributed by atoms with E-state index in [0.717, 1.165) is 0 Å². The van der Waals surface area contributed by atoms with Crippen molar-refractivity contribution in [1.29, 1.82) is 0 Å². The van der Waals surface area contributed by atoms with E-state index < -0.39 is 24.6 Å². The molecule has 1 aromatic rings. The molecule has 0 saturated carbocycles. The predicted octanol–water partition coefficient (Wildman–Crippen LogP) is 2.39. The van der Waals surface area contributed by atoms with Crippen molar-refractivity contribution in [2.24, 2.45) is 5.92 Å². The number of halogens is 3. The van der Waals surface area contributed by atoms with E-state index in [1.54, 1.807) is 30.3 Å². The first kappa shape index (κ1) is 13.3. The van der Waals surface area contributed by atoms with Crippen molar-refractivity contribution >= 4 is 11.7 Å². The van der Waals surface area contributed by atoms with Gasteiger partial charge in [-0.05, 0) is 12.1 Å². The Morgan fingerprint density at radius 3 is 2.29 bits per heavy atom. The monoisotopic (exact) mass is 247 g/mol. The summed E-state index contributed by atoms with van der Waals surface area (Å²) in [5, 5.41) is 8.56. The maximum atomic E-state index is 12.4. The fraction of sp³-hybridized carbons (Fsp3) is 0.364. The second-order valence-electron chi connectivity index (χ2n) is 3.65. The number of benzene rings is 1. The zero-order valence-electron chi connectivity index (χ0n) is 9.11. The van der Waals surface area contributed by atoms with Gasteiger partial charge in [0.1, 0.15) is 0 Å². The molecule has 0 amide bonds. The first-order valence-corrected chi connectivity index (χ1v) is 4.88. The number of carboxylic acid groups (broad SMARTS) is 1. The number of anilines is 1. The molecular weight excluding hydrogens is 235 g/mol. The second-order valence-corrected chi connectivity index (χ2v) is 3.65. The summed E-state index contributed by atoms with van der Waals surface area (Å²) in [6.07, 6.45) is -4.74. The quantitative estimate of drug-likeness (QED) is 0.888. The lowest BCUT2D eigenvalue weighted by Crippen LogP contribution is -2.40. The minimum atomic E-state index is -4.74. The molecule has 0 bridgehead atoms. The van der Waals surface area contributed by atoms with Crippen molar-refractivity contribution in [3.05, 3.63) is 30.3 Å². The van der Waals surface area contributed by atoms with Crippen LogP contribution >= 0.6 is 0 Å². The van der Waals surface area contributed by atoms with Crippen LogP contribution in [-0.4, -0.2) is 30.8 Å². The Kier molecular flexibility index (Phi) is 3.98. The number of carbonyl (C=O) groups is 1. The average molecular weight is 247 g/mol. The number of hydrogen-bond acceptors (Lipinski definition) is 2. The summed E-state index contributed by atoms with van der Waals surface area (Å²) in [5.41, 5.74) is 0.544. The van der Waals surface area contributed by atoms with E-state index >= 15 is 0 Å². The summed E-state index contributed by atoms with van der Waals surface area (Å²) in [6, 6.07) is 8.32. The van der Waals surface area contributed by atoms with Crippen molar-refractivity contribution < 1.29 is 23.1 Å². The Balaban J connectivity index is 2.79. The fourth-order valence-corrected chi connectivity index (χ4v) is 1.38. The lowest BCUT2D eigenvalue weighted by molar-refractivity contribution is -0.191. The molecule has 1 N–H and O–H groups in total. The fourth-order valence-electron chi connectivity index (χ4n) is 1.38. The van der Waals surface area contributed by atoms with Gasteiger partial charge >= 0.3 is 12.1 Å². The van der Waals surface area contributed by atoms with Crippen LogP contribution in [-0.2, 0) is 4.79 Å². The molecule has 0 aromatic heterocycles. The van der Waals surface area contributed by atoms with Crippen LogP contribution in [0.2, 0.25) is 0 Å². The van der Waals surface area contributed by atoms with Crippen LogP contribution in [0.25, 0.3) is 0 Å². The molecule has 0 saturated heterocycles. The standard InChI is InChI=1S/C11H12F3NO2/c1-15(8-5-3-2-4-6-8)7-9(10(16)17)11(12,13)14/h2-6,9H,7H2,1H3,(H,16,17). The Morgan fingerprint density at radius 2 is 1.88 bits per heavy atom. The third-order valence-electron chi connectivity index (χ3n) is 2.35. The predicted molar refractivity (Wildman–Crippen MR) is 56.9 cm³/mol. The van der Waals surface area contributed by atoms with Gasteiger partial charge in [-0.25, -0.2) is 0 Å². The van der Waals surface area contributed by atoms with Crippen LogP contribution in [0.15, 0.2) is 30.3 Å². The molecular formula is C11H12F3NO2. The van der Waals surface area contributed by atoms with E-state index in [-0.39, 0.29) is 0 Å². The molecule has 0 aliphatic rings. The highest BCUT2D eigenvalue weighted by atomic mass is 19.4. The van der Waals surface area contributed by atoms with Crippen molar-refractivity contribution in [1.82, 2.24) is 0 Å². The molecule has 1 rings (SSSR count). The van der Waals surface area contributed by atoms with Gasteiger partial charge in [0.15, 0.2) is 5.92 Å². The van der Waals surface area contributed by atoms with E-state index in [1.807, 2.05) is 0 Å². The van der Waals surface area contributed by atoms with E-state index in [4.69, 9.17) is 5.11 Å². The lowest BCUT2D eigenvalue weighted by atomic mass is 10.1. The van der Waals surface area contributed by atoms with Gasteiger partial charge in [0, 0.05) is 19.3 Å². The molecule has 3 nitrogen and oxygen atoms in total. The molecule has 0 fully saturated rings. The van der Waals surface area contributed by atoms with Crippen LogP contribution in [0.4, 0.5) is 18.9 Å². The molecule has 0 aliphatic carbocycles. The molecule has 1 aromatic carbocycles. The number of hydrogen-bond donors (Lipinski definition) is 1. The molecule has 94 valence electrons. The highest BCUT2D eigenvalue weighted by molar-refractivity contribution is 5.72. The van der Waals surface area contributed by atoms with Gasteiger partial charge in [-0.2, -0.15) is 13.2 Å². The molecule has 0 aliphatic heterocycles. The normalized spacial score (nSPS) is 13.2. The minimum Gasteiger partial charge on any atom is -0.481 e. The highest BCUT2D eigenvalue weighted by Gasteiger charge is 2.45. The minimum absolute atomic E-state index is 0.544. The van der Waals surface area contributed by atoms with Crippen LogP contribution in [0.5, 0.6) is 0 Å². The summed E-state index contributed by atoms with van der Waals surface area (Å²) in [5.74, 6) is -4.24. The van der Waals surface area contributed by atoms with Crippen molar-refractivity contribution in [2.75, 3.05) is 18.5 Å². The van der Waals surface area contributed by atoms with Gasteiger partial charge in [0.05, 0.1) is 0 Å². The van der Waals surface area contributed by atoms with Crippen LogP contribution in [0, 0.1) is 5.92 Å². The summed E-state index contributed by atoms with van der Waals surface area (Å²) in [4.78, 5) is 11.8. The summed E-state index contributed by atoms with van der Waals surface area (Å²) >= 11 is 0. The molecule has 6 heteroatoms. The molecule has 1 unspecified atom stereocenters. The van der Waals surface area contributed by atoms with Gasteiger partial charge in [0.25, 0.3) is 0 Å². The lowest BCUT2D eigenvalue weighted by Gasteiger charge is -2.24. The molecule has 17 heavy (non-hydrogen) atoms. The summed E-state index contributed by atoms with van der Waals surface area (Å²) in [7, 11) is 1.43. The number of rotatable bonds is 4. The maximum Gasteiger partial charge on any atom is 0.403 e. The summed E-state index contributed by atoms with van der Waals surface area (Å²) < 4.78 is 37.3. The Labute approximate surface area is 96.5 Å². The SMILES string of the molecule is CN(CC(C(=O)O)C(F)(F)F)c1ccccc1. The van der Waals surface area contributed by atoms with E-state index in [1.165, 1.54) is 11.9 Å². The Hall–Kier alpha value is -1.72. The van der Waals surface area contributed by atoms with Gasteiger partial charge in [-0.1, -0.05) is 18.2 Å². The van der Waals surface area contributed by atoms with Crippen molar-refractivity contribution in [3.8, 4) is 0 Å². The smallest absolute Gasteiger partial charge is 0.403 e. The zero-order chi connectivity index (χ0) is 13.1. The van der Waals surface area contributed by atoms with Crippen molar-refractivity contribution in [3.63, 3.8) is 0 Å². The van der Waals surface area contributed by atoms with Crippen molar-refractivity contribution in [2.45, 2.75) is 6.18 Å². The number of nitrogens with zero attached hydrogens (tertiary/aromatic N) is 1. The average Bonchev–Trinajstić information content (AvgIpc) is 2.24. The van der Waals surface area contributed by atoms with Crippen LogP contribution in [0.3, 0.4) is 0 Å². The molecule has 0 radical (unpaired) electrons. The van der Waals surface area contributed by atoms with Crippen LogP contribution in [0.1, 0.15) is 0 Å². The van der Waals surface area contributed by atoms with Gasteiger partial charge in [-0.3, -0.25) is 4.79 Å². The van der Waals surface area contributed by atoms with E-state index in [9.17, 15) is 18.0 Å². The number of aliphatic carboxylic acids is 1. The number of para-hydroxylation sites is 1. The first-order chi connectivity index (χ1) is 7.82. The third-order valence-corrected chi connectivity index (χ3v) is 2.35. The Morgan fingerprint density at radius 1 is 1.35 bits per heavy atom. The topological polar surface area (TPSA) is 40.5 Å². The third kappa shape index (κ3) is 3.65. The summed E-state index contributed by atoms with van der Waals surface area (Å²) in [6.45, 7) is -0.608. The number of alkyl halides is 3. The second kappa shape index (κ2) is 5.07. The van der Waals surface area contributed by atoms with Gasteiger partial charge in [-0.15, -0.1) is 0 Å². The largest absolute Gasteiger partial charge is 0.481 e. The van der Waals surface area contributed by atoms with Crippen LogP contribution < -0.4 is 4.90 Å². The van der Waals surface area contributed by atoms with Gasteiger partial charge in [0.2, 0.25) is 0 Å². The molecule has 0 heterocycles. The van der Waals surface area contributed by atoms with E-state index in [0.29, 0.717) is 5.69 Å². The first-order valence-electron chi connectivity index (χ1n) is 4.88. The highest BCUT2D eigenvalue weighted by Crippen LogP contribution is 2.28. The van der Waals surface area contributed by atoms with Gasteiger partial charge < -0.3 is 10.0 Å². The number of carboxylic acids is 1. The zero-order valence-corrected chi connectivity index (χ0v) is 9.11. The molecule has 0 spiro atoms.